The Bertz CT molecular complexity index is 638. The third kappa shape index (κ3) is 2.83. The molecule has 1 amide bonds. The smallest absolute Gasteiger partial charge is 0.265 e. The molecule has 1 aliphatic rings. The van der Waals surface area contributed by atoms with Crippen molar-refractivity contribution in [2.24, 2.45) is 24.4 Å². The molecular formula is C13H22N4O3S. The van der Waals surface area contributed by atoms with Crippen molar-refractivity contribution in [2.45, 2.75) is 30.7 Å². The van der Waals surface area contributed by atoms with Gasteiger partial charge in [-0.3, -0.25) is 4.79 Å². The van der Waals surface area contributed by atoms with E-state index in [2.05, 4.69) is 0 Å². The van der Waals surface area contributed by atoms with Crippen LogP contribution in [0, 0.1) is 5.92 Å². The Hall–Kier alpha value is -1.38. The summed E-state index contributed by atoms with van der Waals surface area (Å²) in [7, 11) is -2.07. The summed E-state index contributed by atoms with van der Waals surface area (Å²) in [6.07, 6.45) is 3.20. The van der Waals surface area contributed by atoms with Crippen LogP contribution in [0.2, 0.25) is 0 Å². The largest absolute Gasteiger partial charge is 0.364 e. The first kappa shape index (κ1) is 16.0. The van der Waals surface area contributed by atoms with Crippen LogP contribution in [0.3, 0.4) is 0 Å². The summed E-state index contributed by atoms with van der Waals surface area (Å²) in [5.41, 5.74) is 11.2. The number of sulfonamides is 1. The molecule has 8 heteroatoms. The minimum Gasteiger partial charge on any atom is -0.364 e. The Morgan fingerprint density at radius 2 is 2.14 bits per heavy atom. The lowest BCUT2D eigenvalue weighted by Gasteiger charge is -2.38. The Labute approximate surface area is 124 Å². The standard InChI is InChI=1S/C13H22N4O3S/c1-9-4-3-5-17(12(9)7-14)21(19,20)10-6-11(13(15)18)16(2)8-10/h6,8-9,12H,3-5,7,14H2,1-2H3,(H2,15,18). The number of primary amides is 1. The number of carbonyl (C=O) groups is 1. The molecule has 1 aromatic rings. The van der Waals surface area contributed by atoms with Crippen LogP contribution < -0.4 is 11.5 Å². The van der Waals surface area contributed by atoms with E-state index in [1.54, 1.807) is 7.05 Å². The summed E-state index contributed by atoms with van der Waals surface area (Å²) in [6.45, 7) is 2.75. The number of hydrogen-bond donors (Lipinski definition) is 2. The lowest BCUT2D eigenvalue weighted by molar-refractivity contribution is 0.0992. The van der Waals surface area contributed by atoms with Gasteiger partial charge in [-0.25, -0.2) is 8.42 Å². The first-order valence-electron chi connectivity index (χ1n) is 6.97. The van der Waals surface area contributed by atoms with Gasteiger partial charge in [-0.15, -0.1) is 0 Å². The number of piperidine rings is 1. The molecule has 0 spiro atoms. The second kappa shape index (κ2) is 5.78. The number of rotatable bonds is 4. The highest BCUT2D eigenvalue weighted by Crippen LogP contribution is 2.29. The van der Waals surface area contributed by atoms with Crippen molar-refractivity contribution in [3.05, 3.63) is 18.0 Å². The fourth-order valence-corrected chi connectivity index (χ4v) is 4.76. The van der Waals surface area contributed by atoms with Crippen LogP contribution in [-0.4, -0.2) is 42.3 Å². The third-order valence-electron chi connectivity index (χ3n) is 4.15. The van der Waals surface area contributed by atoms with Gasteiger partial charge in [-0.1, -0.05) is 6.92 Å². The molecule has 2 unspecified atom stereocenters. The summed E-state index contributed by atoms with van der Waals surface area (Å²) >= 11 is 0. The van der Waals surface area contributed by atoms with Gasteiger partial charge in [0.2, 0.25) is 10.0 Å². The molecule has 7 nitrogen and oxygen atoms in total. The van der Waals surface area contributed by atoms with E-state index >= 15 is 0 Å². The van der Waals surface area contributed by atoms with Gasteiger partial charge in [0.25, 0.3) is 5.91 Å². The number of amides is 1. The molecule has 2 heterocycles. The van der Waals surface area contributed by atoms with Crippen molar-refractivity contribution in [1.29, 1.82) is 0 Å². The highest BCUT2D eigenvalue weighted by Gasteiger charge is 2.37. The van der Waals surface area contributed by atoms with Gasteiger partial charge < -0.3 is 16.0 Å². The van der Waals surface area contributed by atoms with E-state index in [-0.39, 0.29) is 29.1 Å². The molecule has 4 N–H and O–H groups in total. The number of hydrogen-bond acceptors (Lipinski definition) is 4. The van der Waals surface area contributed by atoms with Crippen LogP contribution in [0.4, 0.5) is 0 Å². The van der Waals surface area contributed by atoms with Gasteiger partial charge >= 0.3 is 0 Å². The monoisotopic (exact) mass is 314 g/mol. The van der Waals surface area contributed by atoms with Crippen molar-refractivity contribution >= 4 is 15.9 Å². The van der Waals surface area contributed by atoms with E-state index in [0.29, 0.717) is 6.54 Å². The van der Waals surface area contributed by atoms with Crippen molar-refractivity contribution in [2.75, 3.05) is 13.1 Å². The first-order chi connectivity index (χ1) is 9.78. The lowest BCUT2D eigenvalue weighted by Crippen LogP contribution is -2.51. The summed E-state index contributed by atoms with van der Waals surface area (Å²) in [5.74, 6) is -0.431. The van der Waals surface area contributed by atoms with Gasteiger partial charge in [0.15, 0.2) is 0 Å². The molecule has 0 aliphatic carbocycles. The molecule has 0 radical (unpaired) electrons. The van der Waals surface area contributed by atoms with E-state index < -0.39 is 15.9 Å². The SMILES string of the molecule is CC1CCCN(S(=O)(=O)c2cc(C(N)=O)n(C)c2)C1CN. The fourth-order valence-electron chi connectivity index (χ4n) is 2.92. The molecular weight excluding hydrogens is 292 g/mol. The quantitative estimate of drug-likeness (QED) is 0.806. The van der Waals surface area contributed by atoms with E-state index in [4.69, 9.17) is 11.5 Å². The molecule has 2 atom stereocenters. The normalized spacial score (nSPS) is 24.1. The number of aryl methyl sites for hydroxylation is 1. The summed E-state index contributed by atoms with van der Waals surface area (Å²) in [4.78, 5) is 11.4. The van der Waals surface area contributed by atoms with E-state index in [0.717, 1.165) is 12.8 Å². The average Bonchev–Trinajstić information content (AvgIpc) is 2.81. The predicted octanol–water partition coefficient (Wildman–Crippen LogP) is -0.128. The molecule has 1 aliphatic heterocycles. The average molecular weight is 314 g/mol. The van der Waals surface area contributed by atoms with Crippen LogP contribution in [0.1, 0.15) is 30.3 Å². The Morgan fingerprint density at radius 3 is 2.67 bits per heavy atom. The maximum absolute atomic E-state index is 12.8. The van der Waals surface area contributed by atoms with Gasteiger partial charge in [0.1, 0.15) is 10.6 Å². The summed E-state index contributed by atoms with van der Waals surface area (Å²) in [5, 5.41) is 0. The molecule has 1 fully saturated rings. The predicted molar refractivity (Wildman–Crippen MR) is 79.1 cm³/mol. The number of aromatic nitrogens is 1. The van der Waals surface area contributed by atoms with Crippen LogP contribution in [0.25, 0.3) is 0 Å². The topological polar surface area (TPSA) is 111 Å². The maximum atomic E-state index is 12.8. The minimum absolute atomic E-state index is 0.0892. The maximum Gasteiger partial charge on any atom is 0.265 e. The molecule has 0 aromatic carbocycles. The third-order valence-corrected chi connectivity index (χ3v) is 6.03. The minimum atomic E-state index is -3.67. The van der Waals surface area contributed by atoms with Gasteiger partial charge in [0, 0.05) is 32.4 Å². The van der Waals surface area contributed by atoms with E-state index in [9.17, 15) is 13.2 Å². The molecule has 0 bridgehead atoms. The molecule has 118 valence electrons. The van der Waals surface area contributed by atoms with Gasteiger partial charge in [-0.05, 0) is 24.8 Å². The Kier molecular flexibility index (Phi) is 4.40. The zero-order valence-electron chi connectivity index (χ0n) is 12.3. The molecule has 21 heavy (non-hydrogen) atoms. The zero-order chi connectivity index (χ0) is 15.8. The van der Waals surface area contributed by atoms with Crippen LogP contribution >= 0.6 is 0 Å². The first-order valence-corrected chi connectivity index (χ1v) is 8.41. The highest BCUT2D eigenvalue weighted by atomic mass is 32.2. The van der Waals surface area contributed by atoms with E-state index in [1.807, 2.05) is 6.92 Å². The Balaban J connectivity index is 2.41. The van der Waals surface area contributed by atoms with Crippen LogP contribution in [0.5, 0.6) is 0 Å². The van der Waals surface area contributed by atoms with Crippen LogP contribution in [-0.2, 0) is 17.1 Å². The zero-order valence-corrected chi connectivity index (χ0v) is 13.1. The van der Waals surface area contributed by atoms with Crippen LogP contribution in [0.15, 0.2) is 17.2 Å². The van der Waals surface area contributed by atoms with Gasteiger partial charge in [0.05, 0.1) is 0 Å². The molecule has 1 saturated heterocycles. The molecule has 2 rings (SSSR count). The molecule has 0 saturated carbocycles. The van der Waals surface area contributed by atoms with Crippen molar-refractivity contribution in [3.8, 4) is 0 Å². The van der Waals surface area contributed by atoms with E-state index in [1.165, 1.54) is 21.1 Å². The Morgan fingerprint density at radius 1 is 1.48 bits per heavy atom. The number of carbonyl (C=O) groups excluding carboxylic acids is 1. The molecule has 1 aromatic heterocycles. The second-order valence-electron chi connectivity index (χ2n) is 5.57. The highest BCUT2D eigenvalue weighted by molar-refractivity contribution is 7.89. The lowest BCUT2D eigenvalue weighted by atomic mass is 9.93. The summed E-state index contributed by atoms with van der Waals surface area (Å²) < 4.78 is 28.5. The van der Waals surface area contributed by atoms with Crippen molar-refractivity contribution in [3.63, 3.8) is 0 Å². The second-order valence-corrected chi connectivity index (χ2v) is 7.47. The van der Waals surface area contributed by atoms with Gasteiger partial charge in [-0.2, -0.15) is 4.31 Å². The summed E-state index contributed by atoms with van der Waals surface area (Å²) in [6, 6.07) is 1.12. The number of nitrogens with zero attached hydrogens (tertiary/aromatic N) is 2. The van der Waals surface area contributed by atoms with Crippen molar-refractivity contribution < 1.29 is 13.2 Å². The number of nitrogens with two attached hydrogens (primary N) is 2. The van der Waals surface area contributed by atoms with Crippen molar-refractivity contribution in [1.82, 2.24) is 8.87 Å². The fraction of sp³-hybridized carbons (Fsp3) is 0.615.